The zero-order valence-electron chi connectivity index (χ0n) is 9.09. The lowest BCUT2D eigenvalue weighted by atomic mass is 10.2. The molecule has 0 unspecified atom stereocenters. The number of thioether (sulfide) groups is 1. The summed E-state index contributed by atoms with van der Waals surface area (Å²) in [6, 6.07) is 8.54. The van der Waals surface area contributed by atoms with Crippen molar-refractivity contribution in [2.24, 2.45) is 0 Å². The van der Waals surface area contributed by atoms with Crippen molar-refractivity contribution in [3.63, 3.8) is 0 Å². The highest BCUT2D eigenvalue weighted by atomic mass is 35.5. The van der Waals surface area contributed by atoms with Crippen LogP contribution in [0.15, 0.2) is 41.3 Å². The van der Waals surface area contributed by atoms with Crippen molar-refractivity contribution in [1.29, 1.82) is 0 Å². The van der Waals surface area contributed by atoms with E-state index in [0.29, 0.717) is 20.7 Å². The van der Waals surface area contributed by atoms with Crippen LogP contribution < -0.4 is 0 Å². The van der Waals surface area contributed by atoms with E-state index in [1.54, 1.807) is 12.1 Å². The summed E-state index contributed by atoms with van der Waals surface area (Å²) in [7, 11) is 0. The topological polar surface area (TPSA) is 0 Å². The van der Waals surface area contributed by atoms with Crippen LogP contribution in [0, 0.1) is 11.6 Å². The van der Waals surface area contributed by atoms with E-state index in [4.69, 9.17) is 23.2 Å². The molecule has 5 heteroatoms. The quantitative estimate of drug-likeness (QED) is 0.669. The molecule has 2 rings (SSSR count). The molecule has 2 aromatic carbocycles. The first-order chi connectivity index (χ1) is 8.54. The molecule has 0 aromatic heterocycles. The van der Waals surface area contributed by atoms with Crippen molar-refractivity contribution in [2.75, 3.05) is 0 Å². The third-order valence-corrected chi connectivity index (χ3v) is 3.84. The van der Waals surface area contributed by atoms with Crippen molar-refractivity contribution in [2.45, 2.75) is 10.6 Å². The monoisotopic (exact) mass is 304 g/mol. The molecule has 0 aliphatic heterocycles. The maximum Gasteiger partial charge on any atom is 0.125 e. The molecule has 0 saturated heterocycles. The van der Waals surface area contributed by atoms with Crippen molar-refractivity contribution < 1.29 is 8.78 Å². The third kappa shape index (κ3) is 3.61. The number of rotatable bonds is 3. The average Bonchev–Trinajstić information content (AvgIpc) is 2.26. The Kier molecular flexibility index (Phi) is 4.49. The van der Waals surface area contributed by atoms with Crippen LogP contribution in [-0.2, 0) is 5.75 Å². The molecule has 0 radical (unpaired) electrons. The van der Waals surface area contributed by atoms with Crippen LogP contribution in [0.2, 0.25) is 10.0 Å². The van der Waals surface area contributed by atoms with Gasteiger partial charge in [-0.15, -0.1) is 11.8 Å². The Balaban J connectivity index is 2.11. The minimum absolute atomic E-state index is 0.350. The van der Waals surface area contributed by atoms with Gasteiger partial charge in [0.1, 0.15) is 11.6 Å². The van der Waals surface area contributed by atoms with Gasteiger partial charge in [-0.3, -0.25) is 0 Å². The summed E-state index contributed by atoms with van der Waals surface area (Å²) in [4.78, 5) is 0.709. The van der Waals surface area contributed by atoms with Gasteiger partial charge in [0.05, 0.1) is 0 Å². The van der Waals surface area contributed by atoms with Crippen LogP contribution in [0.5, 0.6) is 0 Å². The van der Waals surface area contributed by atoms with E-state index in [-0.39, 0.29) is 11.6 Å². The van der Waals surface area contributed by atoms with Crippen LogP contribution in [0.25, 0.3) is 0 Å². The van der Waals surface area contributed by atoms with E-state index >= 15 is 0 Å². The minimum Gasteiger partial charge on any atom is -0.207 e. The molecule has 0 aliphatic rings. The molecule has 0 bridgehead atoms. The third-order valence-electron chi connectivity index (χ3n) is 2.25. The van der Waals surface area contributed by atoms with Crippen molar-refractivity contribution in [1.82, 2.24) is 0 Å². The first-order valence-corrected chi connectivity index (χ1v) is 6.81. The molecular formula is C13H8Cl2F2S. The first kappa shape index (κ1) is 13.7. The lowest BCUT2D eigenvalue weighted by molar-refractivity contribution is 0.624. The number of hydrogen-bond donors (Lipinski definition) is 0. The van der Waals surface area contributed by atoms with Gasteiger partial charge in [-0.25, -0.2) is 8.78 Å². The highest BCUT2D eigenvalue weighted by Crippen LogP contribution is 2.29. The molecule has 0 nitrogen and oxygen atoms in total. The Bertz CT molecular complexity index is 553. The number of hydrogen-bond acceptors (Lipinski definition) is 1. The predicted molar refractivity (Wildman–Crippen MR) is 72.4 cm³/mol. The van der Waals surface area contributed by atoms with Gasteiger partial charge < -0.3 is 0 Å². The molecule has 0 N–H and O–H groups in total. The van der Waals surface area contributed by atoms with E-state index in [0.717, 1.165) is 5.56 Å². The van der Waals surface area contributed by atoms with Gasteiger partial charge in [0.25, 0.3) is 0 Å². The number of halogens is 4. The average molecular weight is 305 g/mol. The molecule has 18 heavy (non-hydrogen) atoms. The van der Waals surface area contributed by atoms with Crippen molar-refractivity contribution in [3.05, 3.63) is 63.6 Å². The van der Waals surface area contributed by atoms with Gasteiger partial charge >= 0.3 is 0 Å². The van der Waals surface area contributed by atoms with Crippen molar-refractivity contribution in [3.8, 4) is 0 Å². The Labute approximate surface area is 118 Å². The second kappa shape index (κ2) is 5.91. The molecule has 0 atom stereocenters. The summed E-state index contributed by atoms with van der Waals surface area (Å²) >= 11 is 13.1. The molecule has 0 amide bonds. The van der Waals surface area contributed by atoms with Crippen LogP contribution in [0.4, 0.5) is 8.78 Å². The van der Waals surface area contributed by atoms with Gasteiger partial charge in [-0.05, 0) is 35.9 Å². The minimum atomic E-state index is -0.379. The summed E-state index contributed by atoms with van der Waals surface area (Å²) in [5, 5.41) is 0.715. The van der Waals surface area contributed by atoms with E-state index in [1.165, 1.54) is 36.0 Å². The molecule has 2 aromatic rings. The molecular weight excluding hydrogens is 297 g/mol. The van der Waals surface area contributed by atoms with Gasteiger partial charge in [-0.1, -0.05) is 29.3 Å². The predicted octanol–water partition coefficient (Wildman–Crippen LogP) is 5.56. The fraction of sp³-hybridized carbons (Fsp3) is 0.0769. The lowest BCUT2D eigenvalue weighted by Gasteiger charge is -2.05. The van der Waals surface area contributed by atoms with E-state index in [9.17, 15) is 8.78 Å². The van der Waals surface area contributed by atoms with Gasteiger partial charge in [0, 0.05) is 20.7 Å². The van der Waals surface area contributed by atoms with Gasteiger partial charge in [0.15, 0.2) is 0 Å². The lowest BCUT2D eigenvalue weighted by Crippen LogP contribution is -1.85. The van der Waals surface area contributed by atoms with Crippen molar-refractivity contribution >= 4 is 35.0 Å². The maximum atomic E-state index is 13.1. The zero-order valence-corrected chi connectivity index (χ0v) is 11.4. The fourth-order valence-electron chi connectivity index (χ4n) is 1.41. The second-order valence-corrected chi connectivity index (χ2v) is 5.52. The highest BCUT2D eigenvalue weighted by molar-refractivity contribution is 7.98. The standard InChI is InChI=1S/C13H8Cl2F2S/c14-9-3-11(17)5-12(4-9)18-7-8-1-2-10(16)6-13(8)15/h1-6H,7H2. The summed E-state index contributed by atoms with van der Waals surface area (Å²) in [6.07, 6.45) is 0. The smallest absolute Gasteiger partial charge is 0.125 e. The Morgan fingerprint density at radius 3 is 2.39 bits per heavy atom. The largest absolute Gasteiger partial charge is 0.207 e. The van der Waals surface area contributed by atoms with Gasteiger partial charge in [0.2, 0.25) is 0 Å². The molecule has 0 spiro atoms. The molecule has 94 valence electrons. The molecule has 0 saturated carbocycles. The first-order valence-electron chi connectivity index (χ1n) is 5.07. The summed E-state index contributed by atoms with van der Waals surface area (Å²) < 4.78 is 26.0. The SMILES string of the molecule is Fc1cc(Cl)cc(SCc2ccc(F)cc2Cl)c1. The molecule has 0 heterocycles. The van der Waals surface area contributed by atoms with E-state index in [2.05, 4.69) is 0 Å². The second-order valence-electron chi connectivity index (χ2n) is 3.63. The Morgan fingerprint density at radius 1 is 0.944 bits per heavy atom. The van der Waals surface area contributed by atoms with Crippen LogP contribution >= 0.6 is 35.0 Å². The zero-order chi connectivity index (χ0) is 13.1. The Hall–Kier alpha value is -0.770. The summed E-state index contributed by atoms with van der Waals surface area (Å²) in [6.45, 7) is 0. The molecule has 0 aliphatic carbocycles. The van der Waals surface area contributed by atoms with Crippen LogP contribution in [0.1, 0.15) is 5.56 Å². The maximum absolute atomic E-state index is 13.1. The normalized spacial score (nSPS) is 10.7. The van der Waals surface area contributed by atoms with Crippen LogP contribution in [0.3, 0.4) is 0 Å². The van der Waals surface area contributed by atoms with E-state index in [1.807, 2.05) is 0 Å². The van der Waals surface area contributed by atoms with Gasteiger partial charge in [-0.2, -0.15) is 0 Å². The highest BCUT2D eigenvalue weighted by Gasteiger charge is 2.05. The Morgan fingerprint density at radius 2 is 1.72 bits per heavy atom. The number of benzene rings is 2. The molecule has 0 fully saturated rings. The fourth-order valence-corrected chi connectivity index (χ4v) is 2.99. The van der Waals surface area contributed by atoms with Crippen LogP contribution in [-0.4, -0.2) is 0 Å². The summed E-state index contributed by atoms with van der Waals surface area (Å²) in [5.74, 6) is -0.225. The summed E-state index contributed by atoms with van der Waals surface area (Å²) in [5.41, 5.74) is 0.795. The van der Waals surface area contributed by atoms with E-state index < -0.39 is 0 Å².